The number of rotatable bonds is 7. The van der Waals surface area contributed by atoms with Crippen LogP contribution < -0.4 is 9.46 Å². The van der Waals surface area contributed by atoms with Gasteiger partial charge in [0.1, 0.15) is 5.75 Å². The summed E-state index contributed by atoms with van der Waals surface area (Å²) >= 11 is 0. The van der Waals surface area contributed by atoms with Crippen LogP contribution in [0.4, 0.5) is 5.69 Å². The summed E-state index contributed by atoms with van der Waals surface area (Å²) in [6, 6.07) is 12.4. The quantitative estimate of drug-likeness (QED) is 0.743. The van der Waals surface area contributed by atoms with E-state index in [4.69, 9.17) is 4.74 Å². The minimum Gasteiger partial charge on any atom is -0.494 e. The molecule has 2 rings (SSSR count). The van der Waals surface area contributed by atoms with E-state index in [-0.39, 0.29) is 16.7 Å². The molecule has 0 aliphatic rings. The monoisotopic (exact) mass is 361 g/mol. The molecular formula is C20H27NO3S. The molecule has 0 spiro atoms. The van der Waals surface area contributed by atoms with Crippen molar-refractivity contribution >= 4 is 15.7 Å². The molecule has 1 N–H and O–H groups in total. The SMILES string of the molecule is CCOc1ccc(S(=O)(=O)Nc2c(C(C)C)cccc2C(C)C)cc1. The number of nitrogens with one attached hydrogen (secondary N) is 1. The fourth-order valence-corrected chi connectivity index (χ4v) is 3.86. The first-order valence-corrected chi connectivity index (χ1v) is 10.1. The summed E-state index contributed by atoms with van der Waals surface area (Å²) in [5.74, 6) is 1.10. The summed E-state index contributed by atoms with van der Waals surface area (Å²) in [5, 5.41) is 0. The van der Waals surface area contributed by atoms with Crippen molar-refractivity contribution < 1.29 is 13.2 Å². The van der Waals surface area contributed by atoms with E-state index in [0.717, 1.165) is 11.1 Å². The van der Waals surface area contributed by atoms with Gasteiger partial charge in [0.2, 0.25) is 0 Å². The van der Waals surface area contributed by atoms with Gasteiger partial charge in [-0.3, -0.25) is 4.72 Å². The van der Waals surface area contributed by atoms with Crippen molar-refractivity contribution in [2.45, 2.75) is 51.3 Å². The highest BCUT2D eigenvalue weighted by Gasteiger charge is 2.20. The molecule has 0 saturated carbocycles. The number of anilines is 1. The molecule has 5 heteroatoms. The number of ether oxygens (including phenoxy) is 1. The Morgan fingerprint density at radius 1 is 0.920 bits per heavy atom. The Hall–Kier alpha value is -2.01. The van der Waals surface area contributed by atoms with Gasteiger partial charge in [-0.15, -0.1) is 0 Å². The van der Waals surface area contributed by atoms with Crippen molar-refractivity contribution in [1.29, 1.82) is 0 Å². The number of benzene rings is 2. The van der Waals surface area contributed by atoms with Gasteiger partial charge in [0.25, 0.3) is 10.0 Å². The lowest BCUT2D eigenvalue weighted by Gasteiger charge is -2.21. The van der Waals surface area contributed by atoms with Crippen LogP contribution in [0.3, 0.4) is 0 Å². The van der Waals surface area contributed by atoms with Crippen LogP contribution in [-0.2, 0) is 10.0 Å². The molecule has 0 saturated heterocycles. The van der Waals surface area contributed by atoms with E-state index in [9.17, 15) is 8.42 Å². The Morgan fingerprint density at radius 2 is 1.44 bits per heavy atom. The fraction of sp³-hybridized carbons (Fsp3) is 0.400. The zero-order chi connectivity index (χ0) is 18.6. The first-order chi connectivity index (χ1) is 11.8. The molecule has 136 valence electrons. The molecule has 2 aromatic carbocycles. The molecule has 0 heterocycles. The highest BCUT2D eigenvalue weighted by molar-refractivity contribution is 7.92. The second-order valence-electron chi connectivity index (χ2n) is 6.63. The molecule has 0 bridgehead atoms. The first-order valence-electron chi connectivity index (χ1n) is 8.64. The number of hydrogen-bond acceptors (Lipinski definition) is 3. The van der Waals surface area contributed by atoms with E-state index in [0.29, 0.717) is 18.0 Å². The molecule has 0 atom stereocenters. The Balaban J connectivity index is 2.43. The first kappa shape index (κ1) is 19.3. The lowest BCUT2D eigenvalue weighted by Crippen LogP contribution is -2.16. The zero-order valence-corrected chi connectivity index (χ0v) is 16.4. The predicted octanol–water partition coefficient (Wildman–Crippen LogP) is 5.13. The van der Waals surface area contributed by atoms with Crippen molar-refractivity contribution in [3.8, 4) is 5.75 Å². The molecule has 0 aliphatic heterocycles. The average Bonchev–Trinajstić information content (AvgIpc) is 2.55. The van der Waals surface area contributed by atoms with Gasteiger partial charge in [-0.1, -0.05) is 45.9 Å². The summed E-state index contributed by atoms with van der Waals surface area (Å²) in [5.41, 5.74) is 2.70. The molecule has 4 nitrogen and oxygen atoms in total. The number of hydrogen-bond donors (Lipinski definition) is 1. The summed E-state index contributed by atoms with van der Waals surface area (Å²) in [4.78, 5) is 0.226. The van der Waals surface area contributed by atoms with E-state index >= 15 is 0 Å². The standard InChI is InChI=1S/C20H27NO3S/c1-6-24-16-10-12-17(13-11-16)25(22,23)21-20-18(14(2)3)8-7-9-19(20)15(4)5/h7-15,21H,6H2,1-5H3. The fourth-order valence-electron chi connectivity index (χ4n) is 2.74. The maximum absolute atomic E-state index is 12.9. The van der Waals surface area contributed by atoms with Gasteiger partial charge in [0.05, 0.1) is 17.2 Å². The van der Waals surface area contributed by atoms with E-state index in [1.165, 1.54) is 0 Å². The second kappa shape index (κ2) is 7.91. The molecule has 2 aromatic rings. The van der Waals surface area contributed by atoms with E-state index in [1.807, 2.05) is 25.1 Å². The van der Waals surface area contributed by atoms with Crippen LogP contribution in [0.5, 0.6) is 5.75 Å². The summed E-state index contributed by atoms with van der Waals surface area (Å²) in [7, 11) is -3.66. The smallest absolute Gasteiger partial charge is 0.261 e. The Morgan fingerprint density at radius 3 is 1.88 bits per heavy atom. The summed E-state index contributed by atoms with van der Waals surface area (Å²) < 4.78 is 33.9. The Kier molecular flexibility index (Phi) is 6.11. The van der Waals surface area contributed by atoms with E-state index in [1.54, 1.807) is 24.3 Å². The third kappa shape index (κ3) is 4.54. The molecular weight excluding hydrogens is 334 g/mol. The summed E-state index contributed by atoms with van der Waals surface area (Å²) in [6.07, 6.45) is 0. The highest BCUT2D eigenvalue weighted by Crippen LogP contribution is 2.34. The number of para-hydroxylation sites is 1. The van der Waals surface area contributed by atoms with Crippen LogP contribution in [0, 0.1) is 0 Å². The van der Waals surface area contributed by atoms with Crippen molar-refractivity contribution in [2.24, 2.45) is 0 Å². The molecule has 0 unspecified atom stereocenters. The van der Waals surface area contributed by atoms with Gasteiger partial charge in [-0.05, 0) is 54.2 Å². The zero-order valence-electron chi connectivity index (χ0n) is 15.5. The lowest BCUT2D eigenvalue weighted by atomic mass is 9.93. The van der Waals surface area contributed by atoms with Crippen LogP contribution in [0.1, 0.15) is 57.6 Å². The van der Waals surface area contributed by atoms with Crippen LogP contribution >= 0.6 is 0 Å². The van der Waals surface area contributed by atoms with E-state index in [2.05, 4.69) is 32.4 Å². The Labute approximate surface area is 151 Å². The van der Waals surface area contributed by atoms with Crippen LogP contribution in [0.2, 0.25) is 0 Å². The maximum atomic E-state index is 12.9. The van der Waals surface area contributed by atoms with Crippen LogP contribution in [0.15, 0.2) is 47.4 Å². The van der Waals surface area contributed by atoms with E-state index < -0.39 is 10.0 Å². The number of sulfonamides is 1. The van der Waals surface area contributed by atoms with Gasteiger partial charge in [0, 0.05) is 0 Å². The molecule has 0 fully saturated rings. The largest absolute Gasteiger partial charge is 0.494 e. The lowest BCUT2D eigenvalue weighted by molar-refractivity contribution is 0.340. The molecule has 0 aromatic heterocycles. The van der Waals surface area contributed by atoms with Crippen molar-refractivity contribution in [3.63, 3.8) is 0 Å². The highest BCUT2D eigenvalue weighted by atomic mass is 32.2. The molecule has 0 aliphatic carbocycles. The van der Waals surface area contributed by atoms with Gasteiger partial charge in [-0.2, -0.15) is 0 Å². The normalized spacial score (nSPS) is 11.8. The molecule has 0 radical (unpaired) electrons. The summed E-state index contributed by atoms with van der Waals surface area (Å²) in [6.45, 7) is 10.7. The predicted molar refractivity (Wildman–Crippen MR) is 103 cm³/mol. The molecule has 25 heavy (non-hydrogen) atoms. The molecule has 0 amide bonds. The van der Waals surface area contributed by atoms with Crippen molar-refractivity contribution in [2.75, 3.05) is 11.3 Å². The second-order valence-corrected chi connectivity index (χ2v) is 8.31. The van der Waals surface area contributed by atoms with Crippen molar-refractivity contribution in [1.82, 2.24) is 0 Å². The van der Waals surface area contributed by atoms with Gasteiger partial charge in [-0.25, -0.2) is 8.42 Å². The minimum atomic E-state index is -3.66. The van der Waals surface area contributed by atoms with Gasteiger partial charge in [0.15, 0.2) is 0 Å². The van der Waals surface area contributed by atoms with Crippen LogP contribution in [-0.4, -0.2) is 15.0 Å². The van der Waals surface area contributed by atoms with Gasteiger partial charge >= 0.3 is 0 Å². The third-order valence-corrected chi connectivity index (χ3v) is 5.42. The van der Waals surface area contributed by atoms with Crippen LogP contribution in [0.25, 0.3) is 0 Å². The van der Waals surface area contributed by atoms with Crippen molar-refractivity contribution in [3.05, 3.63) is 53.6 Å². The maximum Gasteiger partial charge on any atom is 0.261 e. The third-order valence-electron chi connectivity index (χ3n) is 4.05. The van der Waals surface area contributed by atoms with Gasteiger partial charge < -0.3 is 4.74 Å². The topological polar surface area (TPSA) is 55.4 Å². The average molecular weight is 362 g/mol. The Bertz CT molecular complexity index is 783. The minimum absolute atomic E-state index is 0.219.